The normalized spacial score (nSPS) is 17.8. The highest BCUT2D eigenvalue weighted by Gasteiger charge is 2.29. The molecule has 0 bridgehead atoms. The van der Waals surface area contributed by atoms with Gasteiger partial charge in [0.05, 0.1) is 6.42 Å². The van der Waals surface area contributed by atoms with E-state index in [0.717, 1.165) is 67.0 Å². The monoisotopic (exact) mass is 349 g/mol. The van der Waals surface area contributed by atoms with Crippen LogP contribution in [0.4, 0.5) is 0 Å². The quantitative estimate of drug-likeness (QED) is 0.790. The number of aryl methyl sites for hydroxylation is 1. The molecule has 4 heterocycles. The maximum Gasteiger partial charge on any atom is 0.227 e. The van der Waals surface area contributed by atoms with Gasteiger partial charge in [-0.2, -0.15) is 0 Å². The summed E-state index contributed by atoms with van der Waals surface area (Å²) in [5.74, 6) is 2.94. The van der Waals surface area contributed by atoms with E-state index in [-0.39, 0.29) is 5.91 Å². The molecule has 0 unspecified atom stereocenters. The minimum Gasteiger partial charge on any atom is -0.361 e. The number of likely N-dealkylation sites (tertiary alicyclic amines) is 1. The SMILES string of the molecule is O=C(Cc1c[nH]c2ccccc12)N1CCC(c2nnc3n2CCC3)CC1. The van der Waals surface area contributed by atoms with Crippen molar-refractivity contribution in [1.29, 1.82) is 0 Å². The van der Waals surface area contributed by atoms with Crippen LogP contribution in [-0.2, 0) is 24.2 Å². The summed E-state index contributed by atoms with van der Waals surface area (Å²) in [6.07, 6.45) is 6.63. The number of carbonyl (C=O) groups excluding carboxylic acids is 1. The summed E-state index contributed by atoms with van der Waals surface area (Å²) in [5, 5.41) is 9.91. The van der Waals surface area contributed by atoms with Crippen LogP contribution in [-0.4, -0.2) is 43.6 Å². The van der Waals surface area contributed by atoms with Gasteiger partial charge in [-0.25, -0.2) is 0 Å². The summed E-state index contributed by atoms with van der Waals surface area (Å²) in [4.78, 5) is 18.0. The van der Waals surface area contributed by atoms with E-state index in [9.17, 15) is 4.79 Å². The van der Waals surface area contributed by atoms with Gasteiger partial charge in [0, 0.05) is 49.1 Å². The number of nitrogens with zero attached hydrogens (tertiary/aromatic N) is 4. The van der Waals surface area contributed by atoms with Crippen molar-refractivity contribution >= 4 is 16.8 Å². The number of piperidine rings is 1. The Bertz CT molecular complexity index is 948. The first kappa shape index (κ1) is 15.6. The van der Waals surface area contributed by atoms with Gasteiger partial charge < -0.3 is 14.5 Å². The van der Waals surface area contributed by atoms with Gasteiger partial charge in [-0.15, -0.1) is 10.2 Å². The zero-order chi connectivity index (χ0) is 17.5. The van der Waals surface area contributed by atoms with E-state index in [1.807, 2.05) is 29.3 Å². The number of aromatic amines is 1. The van der Waals surface area contributed by atoms with Crippen LogP contribution in [0.15, 0.2) is 30.5 Å². The zero-order valence-electron chi connectivity index (χ0n) is 14.8. The first-order chi connectivity index (χ1) is 12.8. The Morgan fingerprint density at radius 2 is 2.00 bits per heavy atom. The molecule has 26 heavy (non-hydrogen) atoms. The third kappa shape index (κ3) is 2.60. The maximum atomic E-state index is 12.8. The first-order valence-corrected chi connectivity index (χ1v) is 9.54. The summed E-state index contributed by atoms with van der Waals surface area (Å²) in [6.45, 7) is 2.68. The number of amides is 1. The highest BCUT2D eigenvalue weighted by molar-refractivity contribution is 5.88. The molecule has 1 saturated heterocycles. The predicted octanol–water partition coefficient (Wildman–Crippen LogP) is 2.65. The van der Waals surface area contributed by atoms with Crippen molar-refractivity contribution in [3.63, 3.8) is 0 Å². The number of hydrogen-bond donors (Lipinski definition) is 1. The molecule has 1 aromatic carbocycles. The maximum absolute atomic E-state index is 12.8. The zero-order valence-corrected chi connectivity index (χ0v) is 14.8. The first-order valence-electron chi connectivity index (χ1n) is 9.54. The highest BCUT2D eigenvalue weighted by atomic mass is 16.2. The van der Waals surface area contributed by atoms with Gasteiger partial charge in [0.1, 0.15) is 11.6 Å². The van der Waals surface area contributed by atoms with Crippen molar-refractivity contribution in [2.45, 2.75) is 44.6 Å². The molecule has 0 spiro atoms. The van der Waals surface area contributed by atoms with Crippen molar-refractivity contribution in [3.8, 4) is 0 Å². The number of carbonyl (C=O) groups is 1. The molecule has 1 N–H and O–H groups in total. The van der Waals surface area contributed by atoms with E-state index < -0.39 is 0 Å². The summed E-state index contributed by atoms with van der Waals surface area (Å²) >= 11 is 0. The highest BCUT2D eigenvalue weighted by Crippen LogP contribution is 2.30. The topological polar surface area (TPSA) is 66.8 Å². The van der Waals surface area contributed by atoms with E-state index in [2.05, 4.69) is 25.8 Å². The van der Waals surface area contributed by atoms with E-state index >= 15 is 0 Å². The molecule has 2 aliphatic rings. The molecule has 0 radical (unpaired) electrons. The molecule has 6 heteroatoms. The van der Waals surface area contributed by atoms with E-state index in [4.69, 9.17) is 0 Å². The fourth-order valence-corrected chi connectivity index (χ4v) is 4.41. The summed E-state index contributed by atoms with van der Waals surface area (Å²) in [6, 6.07) is 8.15. The van der Waals surface area contributed by atoms with Gasteiger partial charge in [0.15, 0.2) is 0 Å². The number of fused-ring (bicyclic) bond motifs is 2. The van der Waals surface area contributed by atoms with Gasteiger partial charge in [0.25, 0.3) is 0 Å². The molecule has 2 aliphatic heterocycles. The number of nitrogens with one attached hydrogen (secondary N) is 1. The minimum absolute atomic E-state index is 0.222. The Labute approximate surface area is 152 Å². The number of hydrogen-bond acceptors (Lipinski definition) is 3. The molecule has 3 aromatic rings. The van der Waals surface area contributed by atoms with Gasteiger partial charge in [-0.05, 0) is 30.9 Å². The Morgan fingerprint density at radius 1 is 1.15 bits per heavy atom. The van der Waals surface area contributed by atoms with Crippen LogP contribution in [0.1, 0.15) is 42.4 Å². The van der Waals surface area contributed by atoms with Crippen molar-refractivity contribution in [1.82, 2.24) is 24.6 Å². The molecule has 0 atom stereocenters. The van der Waals surface area contributed by atoms with Crippen LogP contribution in [0.3, 0.4) is 0 Å². The van der Waals surface area contributed by atoms with Crippen LogP contribution in [0.5, 0.6) is 0 Å². The van der Waals surface area contributed by atoms with Crippen LogP contribution in [0, 0.1) is 0 Å². The van der Waals surface area contributed by atoms with Gasteiger partial charge >= 0.3 is 0 Å². The second-order valence-corrected chi connectivity index (χ2v) is 7.42. The lowest BCUT2D eigenvalue weighted by molar-refractivity contribution is -0.131. The van der Waals surface area contributed by atoms with Crippen LogP contribution in [0.2, 0.25) is 0 Å². The predicted molar refractivity (Wildman–Crippen MR) is 98.9 cm³/mol. The molecule has 0 aliphatic carbocycles. The molecule has 1 amide bonds. The standard InChI is InChI=1S/C20H23N5O/c26-19(12-15-13-21-17-5-2-1-4-16(15)17)24-10-7-14(8-11-24)20-23-22-18-6-3-9-25(18)20/h1-2,4-5,13-14,21H,3,6-12H2. The van der Waals surface area contributed by atoms with Crippen molar-refractivity contribution in [2.75, 3.05) is 13.1 Å². The average molecular weight is 349 g/mol. The van der Waals surface area contributed by atoms with E-state index in [1.54, 1.807) is 0 Å². The fourth-order valence-electron chi connectivity index (χ4n) is 4.41. The largest absolute Gasteiger partial charge is 0.361 e. The van der Waals surface area contributed by atoms with Crippen molar-refractivity contribution in [3.05, 3.63) is 47.7 Å². The number of rotatable bonds is 3. The third-order valence-corrected chi connectivity index (χ3v) is 5.87. The van der Waals surface area contributed by atoms with E-state index in [1.165, 1.54) is 6.42 Å². The summed E-state index contributed by atoms with van der Waals surface area (Å²) in [7, 11) is 0. The lowest BCUT2D eigenvalue weighted by Crippen LogP contribution is -2.39. The van der Waals surface area contributed by atoms with Gasteiger partial charge in [0.2, 0.25) is 5.91 Å². The van der Waals surface area contributed by atoms with Crippen LogP contribution in [0.25, 0.3) is 10.9 Å². The number of para-hydroxylation sites is 1. The second-order valence-electron chi connectivity index (χ2n) is 7.42. The molecule has 2 aromatic heterocycles. The Morgan fingerprint density at radius 3 is 2.88 bits per heavy atom. The molecule has 5 rings (SSSR count). The number of benzene rings is 1. The van der Waals surface area contributed by atoms with Crippen LogP contribution >= 0.6 is 0 Å². The van der Waals surface area contributed by atoms with Gasteiger partial charge in [-0.3, -0.25) is 4.79 Å². The lowest BCUT2D eigenvalue weighted by atomic mass is 9.95. The van der Waals surface area contributed by atoms with Crippen LogP contribution < -0.4 is 0 Å². The van der Waals surface area contributed by atoms with Crippen molar-refractivity contribution < 1.29 is 4.79 Å². The molecule has 0 saturated carbocycles. The summed E-state index contributed by atoms with van der Waals surface area (Å²) < 4.78 is 2.30. The minimum atomic E-state index is 0.222. The van der Waals surface area contributed by atoms with Crippen molar-refractivity contribution in [2.24, 2.45) is 0 Å². The molecule has 1 fully saturated rings. The Hall–Kier alpha value is -2.63. The van der Waals surface area contributed by atoms with E-state index in [0.29, 0.717) is 12.3 Å². The third-order valence-electron chi connectivity index (χ3n) is 5.87. The average Bonchev–Trinajstić information content (AvgIpc) is 3.38. The smallest absolute Gasteiger partial charge is 0.227 e. The second kappa shape index (κ2) is 6.27. The van der Waals surface area contributed by atoms with Gasteiger partial charge in [-0.1, -0.05) is 18.2 Å². The number of H-pyrrole nitrogens is 1. The molecule has 6 nitrogen and oxygen atoms in total. The fraction of sp³-hybridized carbons (Fsp3) is 0.450. The summed E-state index contributed by atoms with van der Waals surface area (Å²) in [5.41, 5.74) is 2.18. The Balaban J connectivity index is 1.24. The molecule has 134 valence electrons. The Kier molecular flexibility index (Phi) is 3.76. The molecular weight excluding hydrogens is 326 g/mol. The lowest BCUT2D eigenvalue weighted by Gasteiger charge is -2.31. The number of aromatic nitrogens is 4. The molecular formula is C20H23N5O.